The van der Waals surface area contributed by atoms with Crippen LogP contribution in [0, 0.1) is 18.3 Å². The summed E-state index contributed by atoms with van der Waals surface area (Å²) >= 11 is 4.58. The van der Waals surface area contributed by atoms with Gasteiger partial charge in [0.1, 0.15) is 11.1 Å². The fraction of sp³-hybridized carbons (Fsp3) is 0.391. The first-order chi connectivity index (χ1) is 15.6. The fourth-order valence-electron chi connectivity index (χ4n) is 3.88. The van der Waals surface area contributed by atoms with Crippen molar-refractivity contribution in [3.05, 3.63) is 45.0 Å². The van der Waals surface area contributed by atoms with Crippen molar-refractivity contribution < 1.29 is 4.79 Å². The van der Waals surface area contributed by atoms with Gasteiger partial charge in [-0.25, -0.2) is 0 Å². The number of hydrogen-bond donors (Lipinski definition) is 1. The van der Waals surface area contributed by atoms with Gasteiger partial charge in [0.25, 0.3) is 0 Å². The highest BCUT2D eigenvalue weighted by Gasteiger charge is 2.21. The smallest absolute Gasteiger partial charge is 0.235 e. The second-order valence-electron chi connectivity index (χ2n) is 7.72. The van der Waals surface area contributed by atoms with Gasteiger partial charge in [0, 0.05) is 27.2 Å². The van der Waals surface area contributed by atoms with E-state index >= 15 is 0 Å². The number of nitrogens with zero attached hydrogens (tertiary/aromatic N) is 4. The summed E-state index contributed by atoms with van der Waals surface area (Å²) < 4.78 is 1.98. The van der Waals surface area contributed by atoms with Gasteiger partial charge >= 0.3 is 0 Å². The van der Waals surface area contributed by atoms with Gasteiger partial charge in [0.15, 0.2) is 11.0 Å². The molecule has 3 heterocycles. The van der Waals surface area contributed by atoms with E-state index in [9.17, 15) is 10.1 Å². The highest BCUT2D eigenvalue weighted by Crippen LogP contribution is 2.37. The molecule has 4 rings (SSSR count). The van der Waals surface area contributed by atoms with E-state index in [1.165, 1.54) is 34.4 Å². The first kappa shape index (κ1) is 22.8. The third-order valence-electron chi connectivity index (χ3n) is 5.39. The number of amides is 1. The number of fused-ring (bicyclic) bond motifs is 1. The predicted octanol–water partition coefficient (Wildman–Crippen LogP) is 5.82. The van der Waals surface area contributed by atoms with Crippen molar-refractivity contribution in [3.8, 4) is 17.5 Å². The zero-order valence-corrected chi connectivity index (χ0v) is 20.5. The van der Waals surface area contributed by atoms with Crippen LogP contribution in [0.1, 0.15) is 46.6 Å². The summed E-state index contributed by atoms with van der Waals surface area (Å²) in [4.78, 5) is 15.2. The molecule has 6 nitrogen and oxygen atoms in total. The Labute approximate surface area is 200 Å². The number of allylic oxidation sites excluding steroid dienone is 1. The molecule has 0 atom stereocenters. The van der Waals surface area contributed by atoms with Gasteiger partial charge in [-0.05, 0) is 44.2 Å². The van der Waals surface area contributed by atoms with E-state index in [0.29, 0.717) is 22.3 Å². The van der Waals surface area contributed by atoms with Crippen LogP contribution in [0.15, 0.2) is 29.3 Å². The van der Waals surface area contributed by atoms with Gasteiger partial charge in [-0.2, -0.15) is 5.26 Å². The number of carbonyl (C=O) groups is 1. The van der Waals surface area contributed by atoms with Gasteiger partial charge in [-0.3, -0.25) is 9.36 Å². The molecule has 1 aliphatic carbocycles. The Morgan fingerprint density at radius 1 is 1.34 bits per heavy atom. The maximum atomic E-state index is 12.7. The molecule has 32 heavy (non-hydrogen) atoms. The normalized spacial score (nSPS) is 13.6. The molecule has 1 aliphatic rings. The molecule has 1 N–H and O–H groups in total. The number of thiophene rings is 2. The summed E-state index contributed by atoms with van der Waals surface area (Å²) in [6.07, 6.45) is 8.41. The number of hydrogen-bond acceptors (Lipinski definition) is 7. The van der Waals surface area contributed by atoms with Crippen LogP contribution < -0.4 is 5.32 Å². The van der Waals surface area contributed by atoms with Crippen LogP contribution in [0.4, 0.5) is 5.00 Å². The van der Waals surface area contributed by atoms with Crippen LogP contribution in [0.25, 0.3) is 11.4 Å². The van der Waals surface area contributed by atoms with E-state index in [4.69, 9.17) is 0 Å². The summed E-state index contributed by atoms with van der Waals surface area (Å²) in [5.74, 6) is 0.842. The molecular weight excluding hydrogens is 458 g/mol. The van der Waals surface area contributed by atoms with Gasteiger partial charge in [-0.1, -0.05) is 30.7 Å². The first-order valence-electron chi connectivity index (χ1n) is 10.7. The molecule has 0 aliphatic heterocycles. The third kappa shape index (κ3) is 4.98. The Morgan fingerprint density at radius 2 is 2.16 bits per heavy atom. The fourth-order valence-corrected chi connectivity index (χ4v) is 6.57. The second-order valence-corrected chi connectivity index (χ2v) is 10.9. The van der Waals surface area contributed by atoms with Crippen LogP contribution in [-0.4, -0.2) is 26.4 Å². The molecule has 0 unspecified atom stereocenters. The van der Waals surface area contributed by atoms with Crippen LogP contribution >= 0.6 is 34.4 Å². The van der Waals surface area contributed by atoms with Crippen molar-refractivity contribution in [3.63, 3.8) is 0 Å². The Hall–Kier alpha value is -2.41. The molecule has 3 aromatic rings. The van der Waals surface area contributed by atoms with Crippen molar-refractivity contribution >= 4 is 45.3 Å². The van der Waals surface area contributed by atoms with E-state index in [-0.39, 0.29) is 11.7 Å². The molecule has 0 saturated carbocycles. The lowest BCUT2D eigenvalue weighted by atomic mass is 9.97. The number of rotatable bonds is 7. The van der Waals surface area contributed by atoms with Gasteiger partial charge in [0.05, 0.1) is 11.3 Å². The lowest BCUT2D eigenvalue weighted by molar-refractivity contribution is -0.113. The maximum Gasteiger partial charge on any atom is 0.235 e. The van der Waals surface area contributed by atoms with Gasteiger partial charge in [-0.15, -0.1) is 39.4 Å². The molecule has 0 radical (unpaired) electrons. The van der Waals surface area contributed by atoms with Crippen molar-refractivity contribution in [1.29, 1.82) is 5.26 Å². The Morgan fingerprint density at radius 3 is 2.88 bits per heavy atom. The summed E-state index contributed by atoms with van der Waals surface area (Å²) in [6.45, 7) is 6.47. The molecule has 0 aromatic carbocycles. The van der Waals surface area contributed by atoms with Crippen molar-refractivity contribution in [2.24, 2.45) is 0 Å². The maximum absolute atomic E-state index is 12.7. The Kier molecular flexibility index (Phi) is 7.45. The summed E-state index contributed by atoms with van der Waals surface area (Å²) in [5.41, 5.74) is 2.81. The number of thioether (sulfide) groups is 1. The molecular formula is C23H25N5OS3. The highest BCUT2D eigenvalue weighted by atomic mass is 32.2. The molecule has 166 valence electrons. The van der Waals surface area contributed by atoms with E-state index in [1.807, 2.05) is 4.57 Å². The first-order valence-corrected chi connectivity index (χ1v) is 13.4. The van der Waals surface area contributed by atoms with Crippen LogP contribution in [0.2, 0.25) is 0 Å². The number of aryl methyl sites for hydroxylation is 2. The molecule has 3 aromatic heterocycles. The minimum Gasteiger partial charge on any atom is -0.316 e. The highest BCUT2D eigenvalue weighted by molar-refractivity contribution is 7.99. The van der Waals surface area contributed by atoms with E-state index in [1.54, 1.807) is 28.7 Å². The second kappa shape index (κ2) is 10.5. The predicted molar refractivity (Wildman–Crippen MR) is 133 cm³/mol. The number of nitriles is 1. The topological polar surface area (TPSA) is 83.6 Å². The zero-order chi connectivity index (χ0) is 22.5. The largest absolute Gasteiger partial charge is 0.316 e. The lowest BCUT2D eigenvalue weighted by Crippen LogP contribution is -2.14. The molecule has 0 saturated heterocycles. The average Bonchev–Trinajstić information content (AvgIpc) is 3.44. The Bertz CT molecular complexity index is 1170. The monoisotopic (exact) mass is 483 g/mol. The number of aromatic nitrogens is 3. The molecule has 0 bridgehead atoms. The summed E-state index contributed by atoms with van der Waals surface area (Å²) in [7, 11) is 0. The van der Waals surface area contributed by atoms with Crippen molar-refractivity contribution in [2.45, 2.75) is 57.1 Å². The van der Waals surface area contributed by atoms with Crippen LogP contribution in [-0.2, 0) is 24.2 Å². The third-order valence-corrected chi connectivity index (χ3v) is 8.42. The SMILES string of the molecule is C=CCn1c(SCC(=O)Nc2sc3c(c2C#N)CCCCCC3)nnc1-c1csc(C)c1. The quantitative estimate of drug-likeness (QED) is 0.338. The number of anilines is 1. The number of nitrogens with one attached hydrogen (secondary N) is 1. The molecule has 0 spiro atoms. The molecule has 1 amide bonds. The van der Waals surface area contributed by atoms with Crippen LogP contribution in [0.5, 0.6) is 0 Å². The minimum atomic E-state index is -0.137. The summed E-state index contributed by atoms with van der Waals surface area (Å²) in [6, 6.07) is 4.42. The molecule has 0 fully saturated rings. The van der Waals surface area contributed by atoms with Crippen molar-refractivity contribution in [1.82, 2.24) is 14.8 Å². The summed E-state index contributed by atoms with van der Waals surface area (Å²) in [5, 5.41) is 24.8. The van der Waals surface area contributed by atoms with Crippen LogP contribution in [0.3, 0.4) is 0 Å². The lowest BCUT2D eigenvalue weighted by Gasteiger charge is -2.08. The number of carbonyl (C=O) groups excluding carboxylic acids is 1. The van der Waals surface area contributed by atoms with E-state index in [2.05, 4.69) is 46.5 Å². The van der Waals surface area contributed by atoms with E-state index < -0.39 is 0 Å². The van der Waals surface area contributed by atoms with Crippen molar-refractivity contribution in [2.75, 3.05) is 11.1 Å². The van der Waals surface area contributed by atoms with E-state index in [0.717, 1.165) is 42.6 Å². The van der Waals surface area contributed by atoms with Gasteiger partial charge in [0.2, 0.25) is 5.91 Å². The average molecular weight is 484 g/mol. The Balaban J connectivity index is 1.47. The standard InChI is InChI=1S/C23H25N5OS3/c1-3-10-28-21(16-11-15(2)30-13-16)26-27-23(28)31-14-20(29)25-22-18(12-24)17-8-6-4-5-7-9-19(17)32-22/h3,11,13H,1,4-10,14H2,2H3,(H,25,29). The molecule has 9 heteroatoms. The van der Waals surface area contributed by atoms with Gasteiger partial charge < -0.3 is 5.32 Å². The zero-order valence-electron chi connectivity index (χ0n) is 18.0. The minimum absolute atomic E-state index is 0.137.